The average Bonchev–Trinajstić information content (AvgIpc) is 3.68. The number of nitrogens with one attached hydrogen (secondary N) is 2. The van der Waals surface area contributed by atoms with Gasteiger partial charge in [-0.25, -0.2) is 18.6 Å². The summed E-state index contributed by atoms with van der Waals surface area (Å²) in [7, 11) is 1.67. The predicted octanol–water partition coefficient (Wildman–Crippen LogP) is 3.64. The molecule has 0 spiro atoms. The van der Waals surface area contributed by atoms with Crippen molar-refractivity contribution in [1.82, 2.24) is 19.9 Å². The number of hydrogen-bond donors (Lipinski definition) is 3. The number of benzene rings is 1. The summed E-state index contributed by atoms with van der Waals surface area (Å²) < 4.78 is 37.8. The zero-order chi connectivity index (χ0) is 29.8. The quantitative estimate of drug-likeness (QED) is 0.273. The minimum Gasteiger partial charge on any atom is -0.477 e. The maximum absolute atomic E-state index is 15.6. The Bertz CT molecular complexity index is 1850. The summed E-state index contributed by atoms with van der Waals surface area (Å²) >= 11 is 0. The van der Waals surface area contributed by atoms with Crippen molar-refractivity contribution in [2.24, 2.45) is 0 Å². The molecular weight excluding hydrogens is 558 g/mol. The number of nitrogens with zero attached hydrogens (tertiary/aromatic N) is 4. The summed E-state index contributed by atoms with van der Waals surface area (Å²) in [5.41, 5.74) is 3.59. The SMILES string of the molecule is CNc1cc(F)c(F)c2c1Cc1ncc(-c3cnc4c(c3)c(=O)c(C(=O)O)cn4CC3CCCN3)c(N3CCOCC3)c1-2. The molecule has 0 bridgehead atoms. The Labute approximate surface area is 245 Å². The van der Waals surface area contributed by atoms with Gasteiger partial charge in [0.2, 0.25) is 5.43 Å². The third-order valence-electron chi connectivity index (χ3n) is 8.68. The number of rotatable bonds is 6. The van der Waals surface area contributed by atoms with Gasteiger partial charge >= 0.3 is 5.97 Å². The first kappa shape index (κ1) is 27.4. The highest BCUT2D eigenvalue weighted by Gasteiger charge is 2.34. The standard InChI is InChI=1S/C31H30F2N6O4/c1-34-23-11-22(32)27(33)25-18(23)10-24-26(25)28(38-5-7-43-8-6-38)20(13-36-24)16-9-19-29(40)21(31(41)42)15-39(30(19)37-12-16)14-17-3-2-4-35-17/h9,11-13,15,17,34-35H,2-8,10,14H2,1H3,(H,41,42). The lowest BCUT2D eigenvalue weighted by molar-refractivity contribution is 0.0694. The Hall–Kier alpha value is -4.42. The normalized spacial score (nSPS) is 17.7. The van der Waals surface area contributed by atoms with E-state index in [1.54, 1.807) is 30.1 Å². The summed E-state index contributed by atoms with van der Waals surface area (Å²) in [6, 6.07) is 2.94. The third-order valence-corrected chi connectivity index (χ3v) is 8.68. The van der Waals surface area contributed by atoms with E-state index in [2.05, 4.69) is 20.5 Å². The molecular formula is C31H30F2N6O4. The van der Waals surface area contributed by atoms with Gasteiger partial charge in [-0.05, 0) is 31.0 Å². The highest BCUT2D eigenvalue weighted by atomic mass is 19.2. The van der Waals surface area contributed by atoms with Gasteiger partial charge in [0.05, 0.1) is 30.0 Å². The van der Waals surface area contributed by atoms with Crippen LogP contribution in [0, 0.1) is 11.6 Å². The van der Waals surface area contributed by atoms with E-state index in [9.17, 15) is 19.1 Å². The number of halogens is 2. The average molecular weight is 589 g/mol. The molecule has 2 fully saturated rings. The number of hydrogen-bond acceptors (Lipinski definition) is 8. The lowest BCUT2D eigenvalue weighted by Gasteiger charge is -2.32. The Kier molecular flexibility index (Phi) is 6.82. The molecule has 5 heterocycles. The first-order chi connectivity index (χ1) is 20.9. The number of fused-ring (bicyclic) bond motifs is 4. The van der Waals surface area contributed by atoms with Gasteiger partial charge in [0.25, 0.3) is 0 Å². The van der Waals surface area contributed by atoms with E-state index < -0.39 is 23.0 Å². The van der Waals surface area contributed by atoms with Crippen LogP contribution < -0.4 is 21.0 Å². The molecule has 10 nitrogen and oxygen atoms in total. The number of aromatic carboxylic acids is 1. The van der Waals surface area contributed by atoms with Crippen LogP contribution in [-0.2, 0) is 17.7 Å². The van der Waals surface area contributed by atoms with Gasteiger partial charge in [0.1, 0.15) is 11.2 Å². The second-order valence-corrected chi connectivity index (χ2v) is 11.2. The monoisotopic (exact) mass is 588 g/mol. The van der Waals surface area contributed by atoms with Crippen LogP contribution in [0.3, 0.4) is 0 Å². The second-order valence-electron chi connectivity index (χ2n) is 11.2. The molecule has 1 unspecified atom stereocenters. The summed E-state index contributed by atoms with van der Waals surface area (Å²) in [4.78, 5) is 37.0. The molecule has 3 aromatic heterocycles. The van der Waals surface area contributed by atoms with Crippen LogP contribution in [0.2, 0.25) is 0 Å². The van der Waals surface area contributed by atoms with E-state index in [4.69, 9.17) is 9.72 Å². The van der Waals surface area contributed by atoms with Crippen LogP contribution in [0.15, 0.2) is 35.5 Å². The van der Waals surface area contributed by atoms with Gasteiger partial charge in [-0.2, -0.15) is 0 Å². The highest BCUT2D eigenvalue weighted by molar-refractivity contribution is 5.98. The number of morpholine rings is 1. The molecule has 1 aliphatic carbocycles. The van der Waals surface area contributed by atoms with Gasteiger partial charge in [0, 0.05) is 91.7 Å². The van der Waals surface area contributed by atoms with Crippen molar-refractivity contribution in [2.75, 3.05) is 50.1 Å². The third kappa shape index (κ3) is 4.52. The largest absolute Gasteiger partial charge is 0.477 e. The number of anilines is 2. The van der Waals surface area contributed by atoms with E-state index in [1.807, 2.05) is 0 Å². The maximum atomic E-state index is 15.6. The molecule has 12 heteroatoms. The van der Waals surface area contributed by atoms with E-state index in [-0.39, 0.29) is 22.6 Å². The summed E-state index contributed by atoms with van der Waals surface area (Å²) in [5.74, 6) is -3.21. The number of ether oxygens (including phenoxy) is 1. The van der Waals surface area contributed by atoms with Crippen LogP contribution in [0.1, 0.15) is 34.5 Å². The van der Waals surface area contributed by atoms with Gasteiger partial charge in [-0.3, -0.25) is 9.78 Å². The van der Waals surface area contributed by atoms with Crippen molar-refractivity contribution in [1.29, 1.82) is 0 Å². The summed E-state index contributed by atoms with van der Waals surface area (Å²) in [5, 5.41) is 16.4. The van der Waals surface area contributed by atoms with Gasteiger partial charge in [0.15, 0.2) is 11.6 Å². The molecule has 1 atom stereocenters. The first-order valence-electron chi connectivity index (χ1n) is 14.4. The minimum atomic E-state index is -1.31. The lowest BCUT2D eigenvalue weighted by Crippen LogP contribution is -2.37. The molecule has 4 aromatic rings. The van der Waals surface area contributed by atoms with E-state index in [1.165, 1.54) is 6.20 Å². The first-order valence-corrected chi connectivity index (χ1v) is 14.4. The Morgan fingerprint density at radius 3 is 2.72 bits per heavy atom. The molecule has 0 amide bonds. The molecule has 1 aromatic carbocycles. The second kappa shape index (κ2) is 10.7. The summed E-state index contributed by atoms with van der Waals surface area (Å²) in [6.45, 7) is 3.28. The van der Waals surface area contributed by atoms with Crippen LogP contribution in [0.5, 0.6) is 0 Å². The number of carboxylic acids is 1. The molecule has 0 saturated carbocycles. The van der Waals surface area contributed by atoms with E-state index >= 15 is 4.39 Å². The zero-order valence-corrected chi connectivity index (χ0v) is 23.5. The number of carbonyl (C=O) groups is 1. The van der Waals surface area contributed by atoms with Gasteiger partial charge in [-0.15, -0.1) is 0 Å². The van der Waals surface area contributed by atoms with Gasteiger partial charge < -0.3 is 29.9 Å². The minimum absolute atomic E-state index is 0.139. The van der Waals surface area contributed by atoms with Crippen molar-refractivity contribution in [3.05, 3.63) is 69.4 Å². The van der Waals surface area contributed by atoms with Crippen LogP contribution in [0.4, 0.5) is 20.2 Å². The topological polar surface area (TPSA) is 122 Å². The van der Waals surface area contributed by atoms with Crippen molar-refractivity contribution < 1.29 is 23.4 Å². The van der Waals surface area contributed by atoms with Gasteiger partial charge in [-0.1, -0.05) is 0 Å². The predicted molar refractivity (Wildman–Crippen MR) is 158 cm³/mol. The Morgan fingerprint density at radius 2 is 2.00 bits per heavy atom. The maximum Gasteiger partial charge on any atom is 0.341 e. The van der Waals surface area contributed by atoms with Crippen molar-refractivity contribution in [2.45, 2.75) is 31.8 Å². The zero-order valence-electron chi connectivity index (χ0n) is 23.5. The highest BCUT2D eigenvalue weighted by Crippen LogP contribution is 2.50. The van der Waals surface area contributed by atoms with Crippen LogP contribution in [0.25, 0.3) is 33.3 Å². The van der Waals surface area contributed by atoms with Crippen LogP contribution in [-0.4, -0.2) is 71.5 Å². The van der Waals surface area contributed by atoms with Crippen molar-refractivity contribution in [3.8, 4) is 22.3 Å². The molecule has 2 saturated heterocycles. The van der Waals surface area contributed by atoms with E-state index in [0.29, 0.717) is 84.2 Å². The molecule has 0 radical (unpaired) electrons. The van der Waals surface area contributed by atoms with Crippen LogP contribution >= 0.6 is 0 Å². The fraction of sp³-hybridized carbons (Fsp3) is 0.355. The number of aromatic nitrogens is 3. The van der Waals surface area contributed by atoms with Crippen molar-refractivity contribution >= 4 is 28.4 Å². The smallest absolute Gasteiger partial charge is 0.341 e. The Balaban J connectivity index is 1.46. The van der Waals surface area contributed by atoms with Crippen molar-refractivity contribution in [3.63, 3.8) is 0 Å². The van der Waals surface area contributed by atoms with E-state index in [0.717, 1.165) is 25.5 Å². The fourth-order valence-corrected chi connectivity index (χ4v) is 6.62. The Morgan fingerprint density at radius 1 is 1.19 bits per heavy atom. The molecule has 7 rings (SSSR count). The molecule has 2 aliphatic heterocycles. The molecule has 43 heavy (non-hydrogen) atoms. The summed E-state index contributed by atoms with van der Waals surface area (Å²) in [6.07, 6.45) is 6.95. The molecule has 222 valence electrons. The number of carboxylic acid groups (broad SMARTS) is 1. The lowest BCUT2D eigenvalue weighted by atomic mass is 9.96. The molecule has 3 N–H and O–H groups in total. The number of pyridine rings is 3. The molecule has 3 aliphatic rings. The fourth-order valence-electron chi connectivity index (χ4n) is 6.62.